The van der Waals surface area contributed by atoms with Crippen molar-refractivity contribution >= 4 is 15.9 Å². The van der Waals surface area contributed by atoms with Gasteiger partial charge in [-0.2, -0.15) is 0 Å². The zero-order chi connectivity index (χ0) is 11.6. The van der Waals surface area contributed by atoms with E-state index in [4.69, 9.17) is 9.47 Å². The molecule has 84 valence electrons. The number of ether oxygens (including phenoxy) is 2. The van der Waals surface area contributed by atoms with Gasteiger partial charge in [-0.1, -0.05) is 0 Å². The second-order valence-electron chi connectivity index (χ2n) is 2.97. The first kappa shape index (κ1) is 12.1. The number of hydrogen-bond donors (Lipinski definition) is 1. The van der Waals surface area contributed by atoms with E-state index in [1.165, 1.54) is 27.2 Å². The lowest BCUT2D eigenvalue weighted by atomic mass is 10.1. The minimum Gasteiger partial charge on any atom is -0.503 e. The molecule has 5 heteroatoms. The molecule has 0 aliphatic carbocycles. The van der Waals surface area contributed by atoms with Gasteiger partial charge in [-0.15, -0.1) is 0 Å². The van der Waals surface area contributed by atoms with Gasteiger partial charge in [-0.25, -0.2) is 4.39 Å². The number of phenols is 1. The van der Waals surface area contributed by atoms with E-state index in [0.29, 0.717) is 5.75 Å². The Kier molecular flexibility index (Phi) is 3.79. The number of benzene rings is 1. The standard InChI is InChI=1S/C10H12BrFO3/c1-5(12)8-6(14-2)4-7(15-3)10(13)9(8)11/h4-5,13H,1-3H3. The summed E-state index contributed by atoms with van der Waals surface area (Å²) in [5.74, 6) is 0.451. The van der Waals surface area contributed by atoms with Crippen LogP contribution in [0.3, 0.4) is 0 Å². The lowest BCUT2D eigenvalue weighted by Gasteiger charge is -2.15. The Labute approximate surface area is 95.9 Å². The average molecular weight is 279 g/mol. The summed E-state index contributed by atoms with van der Waals surface area (Å²) in [7, 11) is 2.85. The summed E-state index contributed by atoms with van der Waals surface area (Å²) in [6.07, 6.45) is -1.24. The quantitative estimate of drug-likeness (QED) is 0.923. The van der Waals surface area contributed by atoms with E-state index in [2.05, 4.69) is 15.9 Å². The molecule has 1 unspecified atom stereocenters. The summed E-state index contributed by atoms with van der Waals surface area (Å²) in [6, 6.07) is 1.45. The maximum absolute atomic E-state index is 13.3. The van der Waals surface area contributed by atoms with Gasteiger partial charge in [0.15, 0.2) is 11.5 Å². The predicted molar refractivity (Wildman–Crippen MR) is 58.4 cm³/mol. The highest BCUT2D eigenvalue weighted by molar-refractivity contribution is 9.10. The van der Waals surface area contributed by atoms with Gasteiger partial charge >= 0.3 is 0 Å². The molecule has 1 aromatic carbocycles. The molecule has 1 aromatic rings. The Bertz CT molecular complexity index is 366. The number of alkyl halides is 1. The minimum atomic E-state index is -1.24. The van der Waals surface area contributed by atoms with Crippen molar-refractivity contribution in [1.29, 1.82) is 0 Å². The highest BCUT2D eigenvalue weighted by Crippen LogP contribution is 2.45. The van der Waals surface area contributed by atoms with Gasteiger partial charge in [0, 0.05) is 11.6 Å². The summed E-state index contributed by atoms with van der Waals surface area (Å²) in [5.41, 5.74) is 0.274. The Hall–Kier alpha value is -0.970. The molecule has 3 nitrogen and oxygen atoms in total. The fourth-order valence-corrected chi connectivity index (χ4v) is 2.01. The van der Waals surface area contributed by atoms with Crippen molar-refractivity contribution in [2.24, 2.45) is 0 Å². The van der Waals surface area contributed by atoms with Crippen LogP contribution < -0.4 is 9.47 Å². The van der Waals surface area contributed by atoms with E-state index in [9.17, 15) is 9.50 Å². The van der Waals surface area contributed by atoms with E-state index in [0.717, 1.165) is 0 Å². The molecule has 0 radical (unpaired) electrons. The average Bonchev–Trinajstić information content (AvgIpc) is 2.20. The molecule has 1 atom stereocenters. The first-order valence-electron chi connectivity index (χ1n) is 4.30. The number of methoxy groups -OCH3 is 2. The molecule has 0 saturated heterocycles. The van der Waals surface area contributed by atoms with Gasteiger partial charge in [0.2, 0.25) is 0 Å². The van der Waals surface area contributed by atoms with Crippen LogP contribution in [0.5, 0.6) is 17.2 Å². The van der Waals surface area contributed by atoms with E-state index in [-0.39, 0.29) is 21.5 Å². The fraction of sp³-hybridized carbons (Fsp3) is 0.400. The SMILES string of the molecule is COc1cc(OC)c(C(C)F)c(Br)c1O. The second kappa shape index (κ2) is 4.70. The monoisotopic (exact) mass is 278 g/mol. The molecule has 0 aromatic heterocycles. The molecular weight excluding hydrogens is 267 g/mol. The molecule has 0 spiro atoms. The Balaban J connectivity index is 3.44. The van der Waals surface area contributed by atoms with Crippen molar-refractivity contribution in [1.82, 2.24) is 0 Å². The highest BCUT2D eigenvalue weighted by atomic mass is 79.9. The number of phenolic OH excluding ortho intramolecular Hbond substituents is 1. The molecule has 0 saturated carbocycles. The predicted octanol–water partition coefficient (Wildman–Crippen LogP) is 3.20. The van der Waals surface area contributed by atoms with Crippen molar-refractivity contribution in [3.63, 3.8) is 0 Å². The normalized spacial score (nSPS) is 12.3. The molecule has 15 heavy (non-hydrogen) atoms. The number of hydrogen-bond acceptors (Lipinski definition) is 3. The molecule has 0 aliphatic rings. The summed E-state index contributed by atoms with van der Waals surface area (Å²) in [6.45, 7) is 1.37. The van der Waals surface area contributed by atoms with E-state index >= 15 is 0 Å². The first-order chi connectivity index (χ1) is 7.02. The van der Waals surface area contributed by atoms with Crippen molar-refractivity contribution in [2.45, 2.75) is 13.1 Å². The van der Waals surface area contributed by atoms with Crippen LogP contribution in [0.4, 0.5) is 4.39 Å². The van der Waals surface area contributed by atoms with Gasteiger partial charge in [-0.3, -0.25) is 0 Å². The van der Waals surface area contributed by atoms with Crippen LogP contribution in [0.1, 0.15) is 18.7 Å². The van der Waals surface area contributed by atoms with Crippen LogP contribution in [0, 0.1) is 0 Å². The Morgan fingerprint density at radius 2 is 1.87 bits per heavy atom. The van der Waals surface area contributed by atoms with E-state index in [1.54, 1.807) is 0 Å². The van der Waals surface area contributed by atoms with Gasteiger partial charge < -0.3 is 14.6 Å². The van der Waals surface area contributed by atoms with Crippen molar-refractivity contribution in [3.05, 3.63) is 16.1 Å². The maximum atomic E-state index is 13.3. The van der Waals surface area contributed by atoms with Crippen LogP contribution in [-0.2, 0) is 0 Å². The molecule has 0 heterocycles. The summed E-state index contributed by atoms with van der Waals surface area (Å²) < 4.78 is 23.5. The zero-order valence-corrected chi connectivity index (χ0v) is 10.3. The highest BCUT2D eigenvalue weighted by Gasteiger charge is 2.21. The minimum absolute atomic E-state index is 0.127. The molecule has 1 rings (SSSR count). The van der Waals surface area contributed by atoms with Crippen LogP contribution >= 0.6 is 15.9 Å². The molecule has 0 aliphatic heterocycles. The Morgan fingerprint density at radius 1 is 1.33 bits per heavy atom. The van der Waals surface area contributed by atoms with Gasteiger partial charge in [0.05, 0.1) is 18.7 Å². The summed E-state index contributed by atoms with van der Waals surface area (Å²) in [5, 5.41) is 9.65. The smallest absolute Gasteiger partial charge is 0.172 e. The molecule has 1 N–H and O–H groups in total. The fourth-order valence-electron chi connectivity index (χ4n) is 1.30. The van der Waals surface area contributed by atoms with Crippen LogP contribution in [0.25, 0.3) is 0 Å². The van der Waals surface area contributed by atoms with E-state index < -0.39 is 6.17 Å². The molecule has 0 fully saturated rings. The van der Waals surface area contributed by atoms with Crippen LogP contribution in [-0.4, -0.2) is 19.3 Å². The Morgan fingerprint density at radius 3 is 2.27 bits per heavy atom. The summed E-state index contributed by atoms with van der Waals surface area (Å²) in [4.78, 5) is 0. The van der Waals surface area contributed by atoms with Crippen molar-refractivity contribution in [2.75, 3.05) is 14.2 Å². The number of aromatic hydroxyl groups is 1. The first-order valence-corrected chi connectivity index (χ1v) is 5.09. The lowest BCUT2D eigenvalue weighted by Crippen LogP contribution is -1.97. The lowest BCUT2D eigenvalue weighted by molar-refractivity contribution is 0.331. The van der Waals surface area contributed by atoms with Crippen molar-refractivity contribution < 1.29 is 19.0 Å². The molecular formula is C10H12BrFO3. The van der Waals surface area contributed by atoms with Crippen LogP contribution in [0.2, 0.25) is 0 Å². The van der Waals surface area contributed by atoms with Gasteiger partial charge in [0.25, 0.3) is 0 Å². The van der Waals surface area contributed by atoms with Gasteiger partial charge in [0.1, 0.15) is 11.9 Å². The second-order valence-corrected chi connectivity index (χ2v) is 3.77. The third kappa shape index (κ3) is 2.17. The third-order valence-corrected chi connectivity index (χ3v) is 2.85. The molecule has 0 amide bonds. The number of halogens is 2. The van der Waals surface area contributed by atoms with Crippen LogP contribution in [0.15, 0.2) is 10.5 Å². The molecule has 0 bridgehead atoms. The van der Waals surface area contributed by atoms with Gasteiger partial charge in [-0.05, 0) is 22.9 Å². The van der Waals surface area contributed by atoms with Crippen molar-refractivity contribution in [3.8, 4) is 17.2 Å². The zero-order valence-electron chi connectivity index (χ0n) is 8.67. The van der Waals surface area contributed by atoms with E-state index in [1.807, 2.05) is 0 Å². The third-order valence-electron chi connectivity index (χ3n) is 2.04. The topological polar surface area (TPSA) is 38.7 Å². The summed E-state index contributed by atoms with van der Waals surface area (Å²) >= 11 is 3.11. The largest absolute Gasteiger partial charge is 0.503 e. The number of rotatable bonds is 3. The maximum Gasteiger partial charge on any atom is 0.172 e.